The summed E-state index contributed by atoms with van der Waals surface area (Å²) < 4.78 is 5.07. The lowest BCUT2D eigenvalue weighted by atomic mass is 9.96. The van der Waals surface area contributed by atoms with Gasteiger partial charge in [0.25, 0.3) is 0 Å². The van der Waals surface area contributed by atoms with E-state index < -0.39 is 23.6 Å². The highest BCUT2D eigenvalue weighted by Crippen LogP contribution is 2.31. The quantitative estimate of drug-likeness (QED) is 0.581. The summed E-state index contributed by atoms with van der Waals surface area (Å²) >= 11 is 0. The first-order valence-electron chi connectivity index (χ1n) is 8.48. The zero-order valence-corrected chi connectivity index (χ0v) is 15.2. The number of hydrogen-bond acceptors (Lipinski definition) is 7. The maximum atomic E-state index is 12.9. The Labute approximate surface area is 151 Å². The summed E-state index contributed by atoms with van der Waals surface area (Å²) in [5.74, 6) is -0.452. The van der Waals surface area contributed by atoms with Gasteiger partial charge in [0.05, 0.1) is 18.2 Å². The van der Waals surface area contributed by atoms with E-state index in [9.17, 15) is 19.5 Å². The van der Waals surface area contributed by atoms with Gasteiger partial charge in [0.1, 0.15) is 6.04 Å². The van der Waals surface area contributed by atoms with Gasteiger partial charge in [0, 0.05) is 20.0 Å². The van der Waals surface area contributed by atoms with Crippen molar-refractivity contribution in [3.8, 4) is 0 Å². The second kappa shape index (κ2) is 8.26. The average molecular weight is 367 g/mol. The van der Waals surface area contributed by atoms with Gasteiger partial charge in [-0.15, -0.1) is 10.2 Å². The number of hydrogen-bond donors (Lipinski definition) is 2. The molecule has 3 atom stereocenters. The molecule has 0 aliphatic carbocycles. The van der Waals surface area contributed by atoms with Gasteiger partial charge in [-0.05, 0) is 26.7 Å². The van der Waals surface area contributed by atoms with E-state index in [0.29, 0.717) is 25.3 Å². The first-order chi connectivity index (χ1) is 12.3. The molecule has 0 aromatic carbocycles. The maximum Gasteiger partial charge on any atom is 0.248 e. The fourth-order valence-electron chi connectivity index (χ4n) is 3.35. The third kappa shape index (κ3) is 4.57. The van der Waals surface area contributed by atoms with Gasteiger partial charge in [-0.1, -0.05) is 0 Å². The number of likely N-dealkylation sites (tertiary alicyclic amines) is 1. The summed E-state index contributed by atoms with van der Waals surface area (Å²) in [4.78, 5) is 38.9. The van der Waals surface area contributed by atoms with Gasteiger partial charge in [-0.2, -0.15) is 0 Å². The second-order valence-corrected chi connectivity index (χ2v) is 6.85. The Morgan fingerprint density at radius 2 is 2.31 bits per heavy atom. The Morgan fingerprint density at radius 1 is 1.58 bits per heavy atom. The molecule has 1 saturated heterocycles. The summed E-state index contributed by atoms with van der Waals surface area (Å²) in [5, 5.41) is 19.7. The lowest BCUT2D eigenvalue weighted by molar-refractivity contribution is -0.143. The molecule has 2 rings (SSSR count). The number of aliphatic hydroxyl groups excluding tert-OH is 1. The SMILES string of the molecule is CC(=O)N[C@H](C(=O)N1CCCC1(C)CN(C=O)Cc1nnco1)[C@@H](C)O. The van der Waals surface area contributed by atoms with Crippen molar-refractivity contribution in [3.05, 3.63) is 12.3 Å². The molecule has 1 aliphatic heterocycles. The Morgan fingerprint density at radius 3 is 2.85 bits per heavy atom. The van der Waals surface area contributed by atoms with Crippen LogP contribution in [0.4, 0.5) is 0 Å². The van der Waals surface area contributed by atoms with Crippen LogP contribution in [-0.2, 0) is 20.9 Å². The minimum atomic E-state index is -1.03. The van der Waals surface area contributed by atoms with Gasteiger partial charge in [0.2, 0.25) is 30.5 Å². The van der Waals surface area contributed by atoms with Crippen LogP contribution in [-0.4, -0.2) is 74.1 Å². The molecule has 0 bridgehead atoms. The molecule has 3 amide bonds. The molecule has 2 N–H and O–H groups in total. The Balaban J connectivity index is 2.13. The van der Waals surface area contributed by atoms with Gasteiger partial charge in [-0.3, -0.25) is 14.4 Å². The van der Waals surface area contributed by atoms with Gasteiger partial charge in [-0.25, -0.2) is 0 Å². The van der Waals surface area contributed by atoms with Crippen LogP contribution in [0.25, 0.3) is 0 Å². The third-order valence-electron chi connectivity index (χ3n) is 4.56. The van der Waals surface area contributed by atoms with Crippen molar-refractivity contribution in [3.63, 3.8) is 0 Å². The number of carbonyl (C=O) groups excluding carboxylic acids is 3. The van der Waals surface area contributed by atoms with Crippen LogP contribution >= 0.6 is 0 Å². The molecule has 1 aromatic heterocycles. The largest absolute Gasteiger partial charge is 0.426 e. The van der Waals surface area contributed by atoms with E-state index in [1.54, 1.807) is 4.90 Å². The van der Waals surface area contributed by atoms with Crippen LogP contribution in [0.3, 0.4) is 0 Å². The normalized spacial score (nSPS) is 21.9. The van der Waals surface area contributed by atoms with Crippen molar-refractivity contribution >= 4 is 18.2 Å². The van der Waals surface area contributed by atoms with Gasteiger partial charge < -0.3 is 24.6 Å². The molecule has 1 unspecified atom stereocenters. The molecular weight excluding hydrogens is 342 g/mol. The molecule has 0 spiro atoms. The molecule has 0 saturated carbocycles. The zero-order valence-electron chi connectivity index (χ0n) is 15.2. The minimum Gasteiger partial charge on any atom is -0.426 e. The molecule has 0 radical (unpaired) electrons. The Kier molecular flexibility index (Phi) is 6.30. The highest BCUT2D eigenvalue weighted by molar-refractivity contribution is 5.88. The average Bonchev–Trinajstić information content (AvgIpc) is 3.20. The van der Waals surface area contributed by atoms with Crippen LogP contribution in [0.1, 0.15) is 39.5 Å². The number of rotatable bonds is 8. The fourth-order valence-corrected chi connectivity index (χ4v) is 3.35. The third-order valence-corrected chi connectivity index (χ3v) is 4.56. The molecule has 144 valence electrons. The molecule has 2 heterocycles. The molecular formula is C16H25N5O5. The summed E-state index contributed by atoms with van der Waals surface area (Å²) in [5.41, 5.74) is -0.621. The molecule has 1 fully saturated rings. The van der Waals surface area contributed by atoms with Crippen LogP contribution in [0, 0.1) is 0 Å². The number of nitrogens with zero attached hydrogens (tertiary/aromatic N) is 4. The zero-order chi connectivity index (χ0) is 19.3. The van der Waals surface area contributed by atoms with E-state index in [1.807, 2.05) is 6.92 Å². The predicted octanol–water partition coefficient (Wildman–Crippen LogP) is -0.705. The Hall–Kier alpha value is -2.49. The van der Waals surface area contributed by atoms with Crippen molar-refractivity contribution in [1.82, 2.24) is 25.3 Å². The standard InChI is InChI=1S/C16H25N5O5/c1-11(23)14(18-12(2)24)15(25)21-6-4-5-16(21,3)8-20(10-22)7-13-19-17-9-26-13/h9-11,14,23H,4-8H2,1-3H3,(H,18,24)/t11-,14+,16?/m1/s1. The molecule has 1 aliphatic rings. The highest BCUT2D eigenvalue weighted by atomic mass is 16.4. The van der Waals surface area contributed by atoms with Crippen LogP contribution in [0.2, 0.25) is 0 Å². The molecule has 10 heteroatoms. The fraction of sp³-hybridized carbons (Fsp3) is 0.688. The van der Waals surface area contributed by atoms with E-state index in [4.69, 9.17) is 4.42 Å². The summed E-state index contributed by atoms with van der Waals surface area (Å²) in [6, 6.07) is -1.02. The molecule has 26 heavy (non-hydrogen) atoms. The first kappa shape index (κ1) is 19.8. The van der Waals surface area contributed by atoms with Gasteiger partial charge >= 0.3 is 0 Å². The van der Waals surface area contributed by atoms with Crippen molar-refractivity contribution < 1.29 is 23.9 Å². The second-order valence-electron chi connectivity index (χ2n) is 6.85. The van der Waals surface area contributed by atoms with Crippen molar-refractivity contribution in [2.24, 2.45) is 0 Å². The van der Waals surface area contributed by atoms with E-state index in [0.717, 1.165) is 6.42 Å². The van der Waals surface area contributed by atoms with E-state index in [2.05, 4.69) is 15.5 Å². The van der Waals surface area contributed by atoms with Crippen molar-refractivity contribution in [1.29, 1.82) is 0 Å². The smallest absolute Gasteiger partial charge is 0.248 e. The number of aromatic nitrogens is 2. The summed E-state index contributed by atoms with van der Waals surface area (Å²) in [6.45, 7) is 5.55. The number of nitrogens with one attached hydrogen (secondary N) is 1. The monoisotopic (exact) mass is 367 g/mol. The van der Waals surface area contributed by atoms with Gasteiger partial charge in [0.15, 0.2) is 0 Å². The first-order valence-corrected chi connectivity index (χ1v) is 8.48. The van der Waals surface area contributed by atoms with Crippen molar-refractivity contribution in [2.45, 2.75) is 57.8 Å². The van der Waals surface area contributed by atoms with E-state index in [-0.39, 0.29) is 19.0 Å². The number of carbonyl (C=O) groups is 3. The summed E-state index contributed by atoms with van der Waals surface area (Å²) in [6.07, 6.45) is 2.29. The topological polar surface area (TPSA) is 129 Å². The number of amides is 3. The Bertz CT molecular complexity index is 635. The summed E-state index contributed by atoms with van der Waals surface area (Å²) in [7, 11) is 0. The van der Waals surface area contributed by atoms with Crippen LogP contribution in [0.15, 0.2) is 10.8 Å². The lowest BCUT2D eigenvalue weighted by Gasteiger charge is -2.40. The number of aliphatic hydroxyl groups is 1. The predicted molar refractivity (Wildman–Crippen MR) is 89.4 cm³/mol. The maximum absolute atomic E-state index is 12.9. The molecule has 10 nitrogen and oxygen atoms in total. The van der Waals surface area contributed by atoms with Crippen LogP contribution < -0.4 is 5.32 Å². The minimum absolute atomic E-state index is 0.145. The van der Waals surface area contributed by atoms with Crippen molar-refractivity contribution in [2.75, 3.05) is 13.1 Å². The van der Waals surface area contributed by atoms with E-state index >= 15 is 0 Å². The highest BCUT2D eigenvalue weighted by Gasteiger charge is 2.44. The molecule has 1 aromatic rings. The van der Waals surface area contributed by atoms with E-state index in [1.165, 1.54) is 25.1 Å². The van der Waals surface area contributed by atoms with Crippen LogP contribution in [0.5, 0.6) is 0 Å². The lowest BCUT2D eigenvalue weighted by Crippen LogP contribution is -2.59.